The topological polar surface area (TPSA) is 113 Å². The summed E-state index contributed by atoms with van der Waals surface area (Å²) in [7, 11) is -8.05. The minimum atomic E-state index is -4.17. The Balaban J connectivity index is 1.54. The first-order chi connectivity index (χ1) is 18.8. The van der Waals surface area contributed by atoms with E-state index in [0.29, 0.717) is 5.69 Å². The highest BCUT2D eigenvalue weighted by Crippen LogP contribution is 2.30. The van der Waals surface area contributed by atoms with Gasteiger partial charge in [0.2, 0.25) is 5.91 Å². The monoisotopic (exact) mass is 617 g/mol. The van der Waals surface area contributed by atoms with Crippen molar-refractivity contribution < 1.29 is 21.6 Å². The maximum absolute atomic E-state index is 13.5. The number of rotatable bonds is 9. The summed E-state index contributed by atoms with van der Waals surface area (Å²) in [6, 6.07) is 22.6. The molecule has 12 heteroatoms. The molecule has 0 spiro atoms. The molecule has 1 amide bonds. The van der Waals surface area contributed by atoms with Gasteiger partial charge in [-0.05, 0) is 91.7 Å². The van der Waals surface area contributed by atoms with Crippen molar-refractivity contribution in [3.63, 3.8) is 0 Å². The molecule has 0 aliphatic rings. The van der Waals surface area contributed by atoms with Crippen LogP contribution >= 0.6 is 23.2 Å². The fraction of sp³-hybridized carbons (Fsp3) is 0.107. The Hall–Kier alpha value is -3.57. The van der Waals surface area contributed by atoms with Crippen molar-refractivity contribution in [3.8, 4) is 0 Å². The molecular weight excluding hydrogens is 593 g/mol. The van der Waals surface area contributed by atoms with Crippen molar-refractivity contribution >= 4 is 66.2 Å². The lowest BCUT2D eigenvalue weighted by molar-refractivity contribution is -0.114. The SMILES string of the molecule is Cc1ccc(NS(=O)(=O)c2ccc(NC(=O)CN(c3cc(Cl)cc(Cl)c3)S(=O)(=O)c3ccccc3)cc2)cc1C. The Morgan fingerprint density at radius 2 is 1.32 bits per heavy atom. The molecule has 4 rings (SSSR count). The van der Waals surface area contributed by atoms with Crippen LogP contribution in [0.2, 0.25) is 10.0 Å². The number of benzene rings is 4. The number of aryl methyl sites for hydroxylation is 2. The van der Waals surface area contributed by atoms with Gasteiger partial charge in [-0.15, -0.1) is 0 Å². The molecule has 40 heavy (non-hydrogen) atoms. The molecule has 2 N–H and O–H groups in total. The van der Waals surface area contributed by atoms with E-state index in [1.165, 1.54) is 54.6 Å². The average molecular weight is 619 g/mol. The first-order valence-electron chi connectivity index (χ1n) is 11.9. The standard InChI is InChI=1S/C28H25Cl2N3O5S2/c1-19-8-9-24(14-20(19)2)32-39(35,36)26-12-10-23(11-13-26)31-28(34)18-33(25-16-21(29)15-22(30)17-25)40(37,38)27-6-4-3-5-7-27/h3-17,32H,18H2,1-2H3,(H,31,34). The number of halogens is 2. The van der Waals surface area contributed by atoms with E-state index < -0.39 is 32.5 Å². The van der Waals surface area contributed by atoms with E-state index >= 15 is 0 Å². The lowest BCUT2D eigenvalue weighted by Gasteiger charge is -2.24. The predicted molar refractivity (Wildman–Crippen MR) is 159 cm³/mol. The van der Waals surface area contributed by atoms with E-state index in [1.54, 1.807) is 30.3 Å². The van der Waals surface area contributed by atoms with Gasteiger partial charge in [0.05, 0.1) is 15.5 Å². The number of anilines is 3. The molecule has 0 aliphatic carbocycles. The lowest BCUT2D eigenvalue weighted by atomic mass is 10.1. The van der Waals surface area contributed by atoms with Crippen molar-refractivity contribution in [2.24, 2.45) is 0 Å². The number of nitrogens with one attached hydrogen (secondary N) is 2. The number of carbonyl (C=O) groups is 1. The molecule has 4 aromatic rings. The van der Waals surface area contributed by atoms with Gasteiger partial charge in [-0.2, -0.15) is 0 Å². The van der Waals surface area contributed by atoms with Crippen LogP contribution in [0.5, 0.6) is 0 Å². The van der Waals surface area contributed by atoms with E-state index in [0.717, 1.165) is 15.4 Å². The van der Waals surface area contributed by atoms with Crippen LogP contribution in [0.3, 0.4) is 0 Å². The van der Waals surface area contributed by atoms with Crippen molar-refractivity contribution in [1.29, 1.82) is 0 Å². The third-order valence-corrected chi connectivity index (χ3v) is 9.58. The molecule has 0 fully saturated rings. The fourth-order valence-corrected chi connectivity index (χ4v) is 6.78. The van der Waals surface area contributed by atoms with Gasteiger partial charge in [0.1, 0.15) is 6.54 Å². The van der Waals surface area contributed by atoms with Gasteiger partial charge >= 0.3 is 0 Å². The highest BCUT2D eigenvalue weighted by molar-refractivity contribution is 7.93. The summed E-state index contributed by atoms with van der Waals surface area (Å²) in [5, 5.41) is 3.00. The van der Waals surface area contributed by atoms with Crippen LogP contribution in [0, 0.1) is 13.8 Å². The third kappa shape index (κ3) is 6.95. The van der Waals surface area contributed by atoms with Crippen LogP contribution < -0.4 is 14.3 Å². The Bertz CT molecular complexity index is 1740. The molecule has 0 saturated heterocycles. The first kappa shape index (κ1) is 29.4. The number of carbonyl (C=O) groups excluding carboxylic acids is 1. The number of hydrogen-bond acceptors (Lipinski definition) is 5. The largest absolute Gasteiger partial charge is 0.325 e. The highest BCUT2D eigenvalue weighted by Gasteiger charge is 2.28. The van der Waals surface area contributed by atoms with Gasteiger partial charge in [-0.25, -0.2) is 16.8 Å². The molecule has 4 aromatic carbocycles. The van der Waals surface area contributed by atoms with E-state index in [9.17, 15) is 21.6 Å². The van der Waals surface area contributed by atoms with Crippen LogP contribution in [0.15, 0.2) is 101 Å². The average Bonchev–Trinajstić information content (AvgIpc) is 2.89. The van der Waals surface area contributed by atoms with Gasteiger partial charge in [-0.3, -0.25) is 13.8 Å². The molecule has 0 heterocycles. The smallest absolute Gasteiger partial charge is 0.264 e. The lowest BCUT2D eigenvalue weighted by Crippen LogP contribution is -2.38. The summed E-state index contributed by atoms with van der Waals surface area (Å²) in [5.74, 6) is -0.667. The van der Waals surface area contributed by atoms with E-state index in [-0.39, 0.29) is 31.2 Å². The molecule has 8 nitrogen and oxygen atoms in total. The summed E-state index contributed by atoms with van der Waals surface area (Å²) in [5.41, 5.74) is 2.80. The Morgan fingerprint density at radius 3 is 1.93 bits per heavy atom. The third-order valence-electron chi connectivity index (χ3n) is 5.96. The van der Waals surface area contributed by atoms with E-state index in [2.05, 4.69) is 10.0 Å². The predicted octanol–water partition coefficient (Wildman–Crippen LogP) is 6.25. The second kappa shape index (κ2) is 11.9. The summed E-state index contributed by atoms with van der Waals surface area (Å²) >= 11 is 12.2. The van der Waals surface area contributed by atoms with E-state index in [4.69, 9.17) is 23.2 Å². The van der Waals surface area contributed by atoms with Gasteiger partial charge < -0.3 is 5.32 Å². The quantitative estimate of drug-likeness (QED) is 0.231. The first-order valence-corrected chi connectivity index (χ1v) is 15.6. The normalized spacial score (nSPS) is 11.6. The van der Waals surface area contributed by atoms with Gasteiger partial charge in [0, 0.05) is 21.4 Å². The Labute approximate surface area is 243 Å². The van der Waals surface area contributed by atoms with Crippen LogP contribution in [-0.2, 0) is 24.8 Å². The summed E-state index contributed by atoms with van der Waals surface area (Å²) in [6.07, 6.45) is 0. The molecule has 208 valence electrons. The van der Waals surface area contributed by atoms with Gasteiger partial charge in [0.25, 0.3) is 20.0 Å². The molecule has 0 saturated carbocycles. The zero-order chi connectivity index (χ0) is 29.1. The number of sulfonamides is 2. The second-order valence-electron chi connectivity index (χ2n) is 8.93. The molecule has 0 unspecified atom stereocenters. The van der Waals surface area contributed by atoms with Crippen molar-refractivity contribution in [3.05, 3.63) is 112 Å². The Morgan fingerprint density at radius 1 is 0.725 bits per heavy atom. The second-order valence-corrected chi connectivity index (χ2v) is 13.3. The van der Waals surface area contributed by atoms with Crippen LogP contribution in [-0.4, -0.2) is 29.3 Å². The summed E-state index contributed by atoms with van der Waals surface area (Å²) < 4.78 is 56.1. The van der Waals surface area contributed by atoms with Crippen LogP contribution in [0.25, 0.3) is 0 Å². The summed E-state index contributed by atoms with van der Waals surface area (Å²) in [4.78, 5) is 13.0. The molecule has 0 atom stereocenters. The van der Waals surface area contributed by atoms with Gasteiger partial charge in [-0.1, -0.05) is 47.5 Å². The molecular formula is C28H25Cl2N3O5S2. The number of amides is 1. The zero-order valence-electron chi connectivity index (χ0n) is 21.4. The van der Waals surface area contributed by atoms with Crippen molar-refractivity contribution in [2.45, 2.75) is 23.6 Å². The zero-order valence-corrected chi connectivity index (χ0v) is 24.6. The Kier molecular flexibility index (Phi) is 8.74. The fourth-order valence-electron chi connectivity index (χ4n) is 3.79. The number of nitrogens with zero attached hydrogens (tertiary/aromatic N) is 1. The maximum Gasteiger partial charge on any atom is 0.264 e. The molecule has 0 radical (unpaired) electrons. The van der Waals surface area contributed by atoms with E-state index in [1.807, 2.05) is 19.9 Å². The summed E-state index contributed by atoms with van der Waals surface area (Å²) in [6.45, 7) is 3.22. The highest BCUT2D eigenvalue weighted by atomic mass is 35.5. The minimum Gasteiger partial charge on any atom is -0.325 e. The molecule has 0 aliphatic heterocycles. The van der Waals surface area contributed by atoms with Crippen LogP contribution in [0.1, 0.15) is 11.1 Å². The van der Waals surface area contributed by atoms with Crippen LogP contribution in [0.4, 0.5) is 17.1 Å². The molecule has 0 aromatic heterocycles. The van der Waals surface area contributed by atoms with Gasteiger partial charge in [0.15, 0.2) is 0 Å². The maximum atomic E-state index is 13.5. The van der Waals surface area contributed by atoms with Crippen molar-refractivity contribution in [2.75, 3.05) is 20.9 Å². The molecule has 0 bridgehead atoms. The van der Waals surface area contributed by atoms with Crippen molar-refractivity contribution in [1.82, 2.24) is 0 Å². The number of hydrogen-bond donors (Lipinski definition) is 2. The minimum absolute atomic E-state index is 0.00872.